The molecule has 79 heavy (non-hydrogen) atoms. The molecule has 2 atom stereocenters. The van der Waals surface area contributed by atoms with Gasteiger partial charge in [-0.1, -0.05) is 252 Å². The van der Waals surface area contributed by atoms with Crippen molar-refractivity contribution in [2.45, 2.75) is 270 Å². The van der Waals surface area contributed by atoms with Crippen molar-refractivity contribution in [2.75, 3.05) is 47.5 Å². The normalized spacial score (nSPS) is 13.5. The lowest BCUT2D eigenvalue weighted by Gasteiger charge is -2.25. The maximum atomic E-state index is 12.9. The van der Waals surface area contributed by atoms with Crippen LogP contribution in [0.25, 0.3) is 0 Å². The summed E-state index contributed by atoms with van der Waals surface area (Å²) in [5.41, 5.74) is 0. The van der Waals surface area contributed by atoms with E-state index in [1.165, 1.54) is 128 Å². The number of rotatable bonds is 58. The summed E-state index contributed by atoms with van der Waals surface area (Å²) in [5, 5.41) is 9.73. The van der Waals surface area contributed by atoms with Gasteiger partial charge in [-0.05, 0) is 103 Å². The Labute approximate surface area is 485 Å². The molecule has 9 heteroatoms. The van der Waals surface area contributed by atoms with Crippen LogP contribution in [0.2, 0.25) is 0 Å². The van der Waals surface area contributed by atoms with Gasteiger partial charge in [0.15, 0.2) is 6.10 Å². The van der Waals surface area contributed by atoms with E-state index in [1.54, 1.807) is 0 Å². The number of carbonyl (C=O) groups excluding carboxylic acids is 2. The maximum Gasteiger partial charge on any atom is 0.361 e. The number of hydrogen-bond donors (Lipinski definition) is 1. The van der Waals surface area contributed by atoms with E-state index in [4.69, 9.17) is 18.9 Å². The minimum atomic E-state index is -1.52. The summed E-state index contributed by atoms with van der Waals surface area (Å²) in [5.74, 6) is -2.04. The highest BCUT2D eigenvalue weighted by Crippen LogP contribution is 2.16. The Morgan fingerprint density at radius 3 is 1.09 bits per heavy atom. The molecule has 0 aliphatic rings. The van der Waals surface area contributed by atoms with Crippen LogP contribution in [0.1, 0.15) is 258 Å². The second kappa shape index (κ2) is 60.1. The van der Waals surface area contributed by atoms with Gasteiger partial charge >= 0.3 is 17.9 Å². The monoisotopic (exact) mass is 1100 g/mol. The summed E-state index contributed by atoms with van der Waals surface area (Å²) in [6.07, 6.45) is 80.4. The first kappa shape index (κ1) is 75.0. The summed E-state index contributed by atoms with van der Waals surface area (Å²) in [6, 6.07) is 0. The van der Waals surface area contributed by atoms with Gasteiger partial charge in [-0.25, -0.2) is 4.79 Å². The Morgan fingerprint density at radius 1 is 0.392 bits per heavy atom. The molecule has 0 fully saturated rings. The van der Waals surface area contributed by atoms with Crippen molar-refractivity contribution < 1.29 is 42.9 Å². The number of hydrogen-bond acceptors (Lipinski definition) is 7. The van der Waals surface area contributed by atoms with Gasteiger partial charge in [0.05, 0.1) is 34.4 Å². The Bertz CT molecular complexity index is 1660. The highest BCUT2D eigenvalue weighted by Gasteiger charge is 2.25. The maximum absolute atomic E-state index is 12.9. The molecule has 0 bridgehead atoms. The number of quaternary nitrogens is 1. The van der Waals surface area contributed by atoms with E-state index in [-0.39, 0.29) is 32.2 Å². The first-order valence-electron chi connectivity index (χ1n) is 32.1. The van der Waals surface area contributed by atoms with Crippen molar-refractivity contribution in [3.05, 3.63) is 109 Å². The zero-order valence-electron chi connectivity index (χ0n) is 51.5. The first-order valence-corrected chi connectivity index (χ1v) is 32.1. The zero-order valence-corrected chi connectivity index (χ0v) is 51.5. The zero-order chi connectivity index (χ0) is 57.6. The van der Waals surface area contributed by atoms with Crippen molar-refractivity contribution in [2.24, 2.45) is 0 Å². The van der Waals surface area contributed by atoms with E-state index >= 15 is 0 Å². The molecule has 0 radical (unpaired) electrons. The lowest BCUT2D eigenvalue weighted by Crippen LogP contribution is -2.40. The molecular formula is C70H120NO8+. The summed E-state index contributed by atoms with van der Waals surface area (Å²) in [6.45, 7) is 4.74. The van der Waals surface area contributed by atoms with Gasteiger partial charge in [0.25, 0.3) is 6.29 Å². The van der Waals surface area contributed by atoms with Gasteiger partial charge in [0.1, 0.15) is 13.2 Å². The van der Waals surface area contributed by atoms with Crippen LogP contribution in [0.5, 0.6) is 0 Å². The van der Waals surface area contributed by atoms with E-state index in [1.807, 2.05) is 21.1 Å². The number of carboxylic acid groups (broad SMARTS) is 1. The number of ether oxygens (including phenoxy) is 4. The molecule has 0 saturated carbocycles. The molecule has 0 saturated heterocycles. The van der Waals surface area contributed by atoms with E-state index in [9.17, 15) is 19.5 Å². The Morgan fingerprint density at radius 2 is 0.722 bits per heavy atom. The molecule has 0 aromatic carbocycles. The van der Waals surface area contributed by atoms with Crippen LogP contribution in [-0.4, -0.2) is 87.4 Å². The predicted molar refractivity (Wildman–Crippen MR) is 336 cm³/mol. The van der Waals surface area contributed by atoms with Crippen LogP contribution in [0.15, 0.2) is 109 Å². The van der Waals surface area contributed by atoms with Crippen LogP contribution in [0.3, 0.4) is 0 Å². The number of carbonyl (C=O) groups is 3. The SMILES string of the molecule is CC/C=C\C/C=C\C/C=C\C/C=C\C/C=C\C/C=C\C/C=C\C/C=C\CCCCCCC(=O)OC(COC(=O)CCCCCCCCCCCCCCC/C=C\CCCCCCCCCC)COC(OCC[N+](C)(C)C)C(=O)O. The van der Waals surface area contributed by atoms with Crippen LogP contribution in [0.4, 0.5) is 0 Å². The second-order valence-electron chi connectivity index (χ2n) is 22.3. The molecule has 0 aromatic rings. The molecule has 2 unspecified atom stereocenters. The summed E-state index contributed by atoms with van der Waals surface area (Å²) in [7, 11) is 5.96. The smallest absolute Gasteiger partial charge is 0.361 e. The fourth-order valence-corrected chi connectivity index (χ4v) is 8.61. The van der Waals surface area contributed by atoms with Gasteiger partial charge in [0, 0.05) is 12.8 Å². The van der Waals surface area contributed by atoms with E-state index < -0.39 is 24.3 Å². The second-order valence-corrected chi connectivity index (χ2v) is 22.3. The topological polar surface area (TPSA) is 108 Å². The van der Waals surface area contributed by atoms with Crippen LogP contribution in [0, 0.1) is 0 Å². The Balaban J connectivity index is 4.28. The van der Waals surface area contributed by atoms with Gasteiger partial charge in [-0.3, -0.25) is 9.59 Å². The Hall–Kier alpha value is -4.05. The van der Waals surface area contributed by atoms with Crippen LogP contribution >= 0.6 is 0 Å². The lowest BCUT2D eigenvalue weighted by molar-refractivity contribution is -0.870. The molecule has 0 aromatic heterocycles. The highest BCUT2D eigenvalue weighted by molar-refractivity contribution is 5.71. The van der Waals surface area contributed by atoms with Crippen molar-refractivity contribution in [1.82, 2.24) is 0 Å². The fourth-order valence-electron chi connectivity index (χ4n) is 8.61. The molecular weight excluding hydrogens is 983 g/mol. The number of allylic oxidation sites excluding steroid dienone is 18. The molecule has 0 rings (SSSR count). The minimum absolute atomic E-state index is 0.177. The fraction of sp³-hybridized carbons (Fsp3) is 0.700. The molecule has 0 heterocycles. The van der Waals surface area contributed by atoms with E-state index in [0.29, 0.717) is 23.9 Å². The molecule has 0 spiro atoms. The quantitative estimate of drug-likeness (QED) is 0.0211. The average Bonchev–Trinajstić information content (AvgIpc) is 3.42. The first-order chi connectivity index (χ1) is 38.6. The van der Waals surface area contributed by atoms with Gasteiger partial charge in [-0.2, -0.15) is 0 Å². The lowest BCUT2D eigenvalue weighted by atomic mass is 10.0. The number of aliphatic carboxylic acids is 1. The van der Waals surface area contributed by atoms with Crippen molar-refractivity contribution in [3.8, 4) is 0 Å². The number of unbranched alkanes of at least 4 members (excludes halogenated alkanes) is 25. The number of carboxylic acids is 1. The van der Waals surface area contributed by atoms with Gasteiger partial charge in [0.2, 0.25) is 0 Å². The number of likely N-dealkylation sites (N-methyl/N-ethyl adjacent to an activating group) is 1. The van der Waals surface area contributed by atoms with Crippen LogP contribution in [-0.2, 0) is 33.3 Å². The van der Waals surface area contributed by atoms with Gasteiger partial charge in [-0.15, -0.1) is 0 Å². The third kappa shape index (κ3) is 61.4. The van der Waals surface area contributed by atoms with Crippen molar-refractivity contribution in [1.29, 1.82) is 0 Å². The van der Waals surface area contributed by atoms with E-state index in [0.717, 1.165) is 96.3 Å². The molecule has 1 N–H and O–H groups in total. The molecule has 452 valence electrons. The third-order valence-corrected chi connectivity index (χ3v) is 13.5. The Kier molecular flexibility index (Phi) is 57.0. The minimum Gasteiger partial charge on any atom is -0.477 e. The third-order valence-electron chi connectivity index (χ3n) is 13.5. The summed E-state index contributed by atoms with van der Waals surface area (Å²) in [4.78, 5) is 37.5. The summed E-state index contributed by atoms with van der Waals surface area (Å²) < 4.78 is 22.9. The largest absolute Gasteiger partial charge is 0.477 e. The molecule has 0 aliphatic carbocycles. The van der Waals surface area contributed by atoms with Crippen molar-refractivity contribution in [3.63, 3.8) is 0 Å². The molecule has 0 aliphatic heterocycles. The molecule has 9 nitrogen and oxygen atoms in total. The van der Waals surface area contributed by atoms with E-state index in [2.05, 4.69) is 123 Å². The highest BCUT2D eigenvalue weighted by atomic mass is 16.7. The number of nitrogens with zero attached hydrogens (tertiary/aromatic N) is 1. The van der Waals surface area contributed by atoms with Crippen LogP contribution < -0.4 is 0 Å². The average molecular weight is 1100 g/mol. The predicted octanol–water partition coefficient (Wildman–Crippen LogP) is 19.5. The standard InChI is InChI=1S/C70H119NO8/c1-6-8-10-12-14-16-18-20-22-24-26-28-30-32-33-34-35-37-39-41-43-45-47-49-51-53-55-57-59-61-68(73)79-66(65-78-70(69(74)75)76-63-62-71(3,4)5)64-77-67(72)60-58-56-54-52-50-48-46-44-42-40-38-36-31-29-27-25-23-21-19-17-15-13-11-9-7-2/h8,10,14,16,20,22,25-28,32-33,35,37,41,43,47,49,66,70H,6-7,9,11-13,15,17-19,21,23-24,29-31,34,36,38-40,42,44-46,48,50-65H2,1-5H3/p+1/b10-8-,16-14-,22-20-,27-25-,28-26-,33-32-,37-35-,43-41-,49-47-. The van der Waals surface area contributed by atoms with Crippen molar-refractivity contribution >= 4 is 17.9 Å². The number of esters is 2. The van der Waals surface area contributed by atoms with Gasteiger partial charge < -0.3 is 28.5 Å². The summed E-state index contributed by atoms with van der Waals surface area (Å²) >= 11 is 0. The molecule has 0 amide bonds.